The Labute approximate surface area is 219 Å². The highest BCUT2D eigenvalue weighted by molar-refractivity contribution is 6.74. The van der Waals surface area contributed by atoms with E-state index in [9.17, 15) is 9.59 Å². The summed E-state index contributed by atoms with van der Waals surface area (Å²) in [4.78, 5) is 28.9. The van der Waals surface area contributed by atoms with Gasteiger partial charge in [0.2, 0.25) is 11.8 Å². The molecule has 0 bridgehead atoms. The fourth-order valence-electron chi connectivity index (χ4n) is 5.45. The number of para-hydroxylation sites is 1. The van der Waals surface area contributed by atoms with Gasteiger partial charge in [-0.3, -0.25) is 14.5 Å². The molecule has 0 radical (unpaired) electrons. The Morgan fingerprint density at radius 3 is 1.92 bits per heavy atom. The predicted molar refractivity (Wildman–Crippen MR) is 151 cm³/mol. The summed E-state index contributed by atoms with van der Waals surface area (Å²) in [5.74, 6) is -0.989. The van der Waals surface area contributed by atoms with Crippen molar-refractivity contribution in [2.24, 2.45) is 17.8 Å². The van der Waals surface area contributed by atoms with E-state index in [0.29, 0.717) is 12.1 Å². The lowest BCUT2D eigenvalue weighted by atomic mass is 9.73. The van der Waals surface area contributed by atoms with Crippen molar-refractivity contribution in [2.45, 2.75) is 103 Å². The van der Waals surface area contributed by atoms with Crippen LogP contribution >= 0.6 is 0 Å². The zero-order valence-corrected chi connectivity index (χ0v) is 25.8. The van der Waals surface area contributed by atoms with Crippen molar-refractivity contribution < 1.29 is 18.4 Å². The Morgan fingerprint density at radius 2 is 1.36 bits per heavy atom. The van der Waals surface area contributed by atoms with Crippen LogP contribution < -0.4 is 4.90 Å². The Bertz CT molecular complexity index is 1050. The van der Waals surface area contributed by atoms with Crippen LogP contribution in [0, 0.1) is 17.8 Å². The predicted octanol–water partition coefficient (Wildman–Crippen LogP) is 6.92. The minimum absolute atomic E-state index is 0.0505. The highest BCUT2D eigenvalue weighted by Crippen LogP contribution is 2.54. The lowest BCUT2D eigenvalue weighted by Crippen LogP contribution is -2.47. The molecular formula is C29H45NO4Si2. The molecule has 0 unspecified atom stereocenters. The number of fused-ring (bicyclic) bond motifs is 3. The third-order valence-corrected chi connectivity index (χ3v) is 18.6. The summed E-state index contributed by atoms with van der Waals surface area (Å²) in [7, 11) is -4.17. The summed E-state index contributed by atoms with van der Waals surface area (Å²) in [5.41, 5.74) is 1.86. The van der Waals surface area contributed by atoms with E-state index in [2.05, 4.69) is 73.8 Å². The van der Waals surface area contributed by atoms with Crippen LogP contribution in [0.4, 0.5) is 5.69 Å². The highest BCUT2D eigenvalue weighted by Gasteiger charge is 2.60. The fraction of sp³-hybridized carbons (Fsp3) is 0.655. The van der Waals surface area contributed by atoms with Gasteiger partial charge in [0.05, 0.1) is 29.7 Å². The molecule has 198 valence electrons. The fourth-order valence-corrected chi connectivity index (χ4v) is 8.10. The second kappa shape index (κ2) is 9.03. The number of rotatable bonds is 5. The van der Waals surface area contributed by atoms with Crippen LogP contribution in [-0.2, 0) is 18.4 Å². The molecule has 5 atom stereocenters. The molecule has 1 aliphatic heterocycles. The smallest absolute Gasteiger partial charge is 0.238 e. The van der Waals surface area contributed by atoms with E-state index < -0.39 is 16.6 Å². The minimum atomic E-state index is -2.12. The second-order valence-corrected chi connectivity index (χ2v) is 23.5. The zero-order valence-electron chi connectivity index (χ0n) is 23.8. The maximum Gasteiger partial charge on any atom is 0.238 e. The first kappa shape index (κ1) is 27.5. The molecule has 36 heavy (non-hydrogen) atoms. The molecule has 1 aromatic carbocycles. The molecule has 1 saturated heterocycles. The Morgan fingerprint density at radius 1 is 0.806 bits per heavy atom. The van der Waals surface area contributed by atoms with Gasteiger partial charge in [0, 0.05) is 12.3 Å². The lowest BCUT2D eigenvalue weighted by Gasteiger charge is -2.41. The molecule has 2 aliphatic carbocycles. The van der Waals surface area contributed by atoms with Gasteiger partial charge in [-0.1, -0.05) is 65.8 Å². The van der Waals surface area contributed by atoms with Crippen molar-refractivity contribution in [1.82, 2.24) is 0 Å². The topological polar surface area (TPSA) is 55.8 Å². The summed E-state index contributed by atoms with van der Waals surface area (Å²) in [6.07, 6.45) is 3.39. The van der Waals surface area contributed by atoms with Gasteiger partial charge in [-0.2, -0.15) is 0 Å². The molecule has 2 fully saturated rings. The largest absolute Gasteiger partial charge is 0.413 e. The van der Waals surface area contributed by atoms with Crippen molar-refractivity contribution in [2.75, 3.05) is 4.90 Å². The van der Waals surface area contributed by atoms with Gasteiger partial charge in [0.25, 0.3) is 0 Å². The lowest BCUT2D eigenvalue weighted by molar-refractivity contribution is -0.123. The quantitative estimate of drug-likeness (QED) is 0.237. The maximum atomic E-state index is 14.0. The van der Waals surface area contributed by atoms with Gasteiger partial charge < -0.3 is 8.85 Å². The van der Waals surface area contributed by atoms with Gasteiger partial charge in [-0.05, 0) is 60.4 Å². The number of allylic oxidation sites excluding steroid dienone is 1. The number of nitrogens with zero attached hydrogens (tertiary/aromatic N) is 1. The number of imide groups is 1. The van der Waals surface area contributed by atoms with Crippen molar-refractivity contribution >= 4 is 34.1 Å². The average Bonchev–Trinajstić information content (AvgIpc) is 3.20. The molecule has 0 N–H and O–H groups in total. The Kier molecular flexibility index (Phi) is 6.90. The van der Waals surface area contributed by atoms with E-state index in [1.807, 2.05) is 30.3 Å². The monoisotopic (exact) mass is 527 g/mol. The summed E-state index contributed by atoms with van der Waals surface area (Å²) in [5, 5.41) is 0.136. The number of amides is 2. The number of hydrogen-bond acceptors (Lipinski definition) is 4. The summed E-state index contributed by atoms with van der Waals surface area (Å²) >= 11 is 0. The molecule has 1 aromatic rings. The number of anilines is 1. The molecule has 0 spiro atoms. The van der Waals surface area contributed by atoms with Crippen molar-refractivity contribution in [3.8, 4) is 0 Å². The number of hydrogen-bond donors (Lipinski definition) is 0. The highest BCUT2D eigenvalue weighted by atomic mass is 28.4. The summed E-state index contributed by atoms with van der Waals surface area (Å²) in [6.45, 7) is 22.7. The number of carbonyl (C=O) groups excluding carboxylic acids is 2. The van der Waals surface area contributed by atoms with Crippen LogP contribution in [0.1, 0.15) is 54.4 Å². The molecule has 0 aromatic heterocycles. The molecule has 2 amide bonds. The van der Waals surface area contributed by atoms with Crippen LogP contribution in [0.2, 0.25) is 36.3 Å². The molecule has 5 nitrogen and oxygen atoms in total. The van der Waals surface area contributed by atoms with Crippen LogP contribution in [-0.4, -0.2) is 40.7 Å². The van der Waals surface area contributed by atoms with Crippen molar-refractivity contribution in [1.29, 1.82) is 0 Å². The molecule has 3 aliphatic rings. The SMILES string of the molecule is CC(C)(C)[Si](C)(C)O[C@H]1C[C@@H](O[Si](C)(C)C(C)(C)C)C2=CC[C@@H]3C(=O)N(c4ccccc4)C(=O)[C@@H]3[C@@H]21. The number of benzene rings is 1. The maximum absolute atomic E-state index is 14.0. The van der Waals surface area contributed by atoms with Gasteiger partial charge in [0.1, 0.15) is 0 Å². The Balaban J connectivity index is 1.73. The molecule has 4 rings (SSSR count). The van der Waals surface area contributed by atoms with Gasteiger partial charge in [-0.25, -0.2) is 0 Å². The summed E-state index contributed by atoms with van der Waals surface area (Å²) in [6, 6.07) is 9.36. The Hall–Kier alpha value is -1.55. The summed E-state index contributed by atoms with van der Waals surface area (Å²) < 4.78 is 14.0. The van der Waals surface area contributed by atoms with Gasteiger partial charge >= 0.3 is 0 Å². The molecular weight excluding hydrogens is 482 g/mol. The molecule has 7 heteroatoms. The van der Waals surface area contributed by atoms with Crippen LogP contribution in [0.15, 0.2) is 42.0 Å². The van der Waals surface area contributed by atoms with E-state index in [1.54, 1.807) is 0 Å². The normalized spacial score (nSPS) is 29.3. The molecule has 1 heterocycles. The van der Waals surface area contributed by atoms with E-state index in [-0.39, 0.29) is 51.9 Å². The average molecular weight is 528 g/mol. The number of carbonyl (C=O) groups is 2. The van der Waals surface area contributed by atoms with Gasteiger partial charge in [-0.15, -0.1) is 0 Å². The third-order valence-electron chi connectivity index (χ3n) is 9.58. The van der Waals surface area contributed by atoms with E-state index in [4.69, 9.17) is 8.85 Å². The molecule has 1 saturated carbocycles. The second-order valence-electron chi connectivity index (χ2n) is 14.0. The standard InChI is InChI=1S/C29H45NO4Si2/c1-28(2,3)35(7,8)33-22-18-23(34-36(9,10)29(4,5)6)24-20(22)16-17-21-25(24)27(32)30(26(21)31)19-14-12-11-13-15-19/h11-16,21-25H,17-18H2,1-10H3/t21-,22+,23-,24-,25-/m0/s1. The van der Waals surface area contributed by atoms with Crippen molar-refractivity contribution in [3.63, 3.8) is 0 Å². The van der Waals surface area contributed by atoms with Crippen LogP contribution in [0.25, 0.3) is 0 Å². The van der Waals surface area contributed by atoms with E-state index >= 15 is 0 Å². The van der Waals surface area contributed by atoms with Crippen molar-refractivity contribution in [3.05, 3.63) is 42.0 Å². The van der Waals surface area contributed by atoms with Crippen LogP contribution in [0.5, 0.6) is 0 Å². The minimum Gasteiger partial charge on any atom is -0.413 e. The zero-order chi connectivity index (χ0) is 26.8. The van der Waals surface area contributed by atoms with Crippen LogP contribution in [0.3, 0.4) is 0 Å². The first-order chi connectivity index (χ1) is 16.5. The third kappa shape index (κ3) is 4.61. The van der Waals surface area contributed by atoms with E-state index in [1.165, 1.54) is 10.5 Å². The first-order valence-corrected chi connectivity index (χ1v) is 19.3. The first-order valence-electron chi connectivity index (χ1n) is 13.4. The van der Waals surface area contributed by atoms with Gasteiger partial charge in [0.15, 0.2) is 16.6 Å². The van der Waals surface area contributed by atoms with E-state index in [0.717, 1.165) is 6.42 Å².